The lowest BCUT2D eigenvalue weighted by atomic mass is 10.3. The van der Waals surface area contributed by atoms with Crippen molar-refractivity contribution in [1.82, 2.24) is 20.2 Å². The number of rotatable bonds is 4. The zero-order valence-electron chi connectivity index (χ0n) is 10.9. The molecule has 2 rings (SSSR count). The third kappa shape index (κ3) is 2.36. The zero-order chi connectivity index (χ0) is 13.1. The molecular formula is C13H18N4O. The number of fused-ring (bicyclic) bond motifs is 1. The Labute approximate surface area is 106 Å². The molecule has 0 radical (unpaired) electrons. The van der Waals surface area contributed by atoms with Crippen molar-refractivity contribution in [3.8, 4) is 0 Å². The van der Waals surface area contributed by atoms with Crippen LogP contribution >= 0.6 is 0 Å². The van der Waals surface area contributed by atoms with Crippen molar-refractivity contribution in [2.45, 2.75) is 13.0 Å². The Hall–Kier alpha value is -1.88. The van der Waals surface area contributed by atoms with Crippen LogP contribution in [-0.2, 0) is 11.8 Å². The van der Waals surface area contributed by atoms with Gasteiger partial charge < -0.3 is 15.2 Å². The van der Waals surface area contributed by atoms with Crippen molar-refractivity contribution in [1.29, 1.82) is 0 Å². The number of likely N-dealkylation sites (N-methyl/N-ethyl adjacent to an activating group) is 1. The fourth-order valence-corrected chi connectivity index (χ4v) is 2.07. The Morgan fingerprint density at radius 3 is 2.83 bits per heavy atom. The smallest absolute Gasteiger partial charge is 0.234 e. The third-order valence-electron chi connectivity index (χ3n) is 2.92. The van der Waals surface area contributed by atoms with Gasteiger partial charge in [-0.2, -0.15) is 0 Å². The predicted molar refractivity (Wildman–Crippen MR) is 71.2 cm³/mol. The number of hydrogen-bond acceptors (Lipinski definition) is 3. The van der Waals surface area contributed by atoms with E-state index < -0.39 is 0 Å². The largest absolute Gasteiger partial charge is 0.345 e. The molecule has 1 aromatic carbocycles. The van der Waals surface area contributed by atoms with Crippen molar-refractivity contribution in [2.24, 2.45) is 7.05 Å². The molecule has 0 saturated heterocycles. The van der Waals surface area contributed by atoms with Gasteiger partial charge in [-0.25, -0.2) is 4.98 Å². The van der Waals surface area contributed by atoms with Gasteiger partial charge in [0.15, 0.2) is 0 Å². The maximum absolute atomic E-state index is 11.5. The Morgan fingerprint density at radius 2 is 2.17 bits per heavy atom. The van der Waals surface area contributed by atoms with Crippen molar-refractivity contribution in [2.75, 3.05) is 13.6 Å². The lowest BCUT2D eigenvalue weighted by Gasteiger charge is -2.13. The molecule has 2 aromatic rings. The molecule has 18 heavy (non-hydrogen) atoms. The van der Waals surface area contributed by atoms with E-state index in [0.717, 1.165) is 16.9 Å². The number of imidazole rings is 1. The average Bonchev–Trinajstić information content (AvgIpc) is 2.68. The fraction of sp³-hybridized carbons (Fsp3) is 0.385. The second-order valence-corrected chi connectivity index (χ2v) is 4.34. The monoisotopic (exact) mass is 246 g/mol. The highest BCUT2D eigenvalue weighted by Crippen LogP contribution is 2.18. The molecule has 1 aromatic heterocycles. The van der Waals surface area contributed by atoms with Crippen molar-refractivity contribution in [3.63, 3.8) is 0 Å². The van der Waals surface area contributed by atoms with Gasteiger partial charge >= 0.3 is 0 Å². The number of para-hydroxylation sites is 2. The van der Waals surface area contributed by atoms with E-state index in [4.69, 9.17) is 0 Å². The summed E-state index contributed by atoms with van der Waals surface area (Å²) in [5, 5.41) is 5.74. The van der Waals surface area contributed by atoms with E-state index in [0.29, 0.717) is 6.54 Å². The number of aromatic nitrogens is 2. The van der Waals surface area contributed by atoms with Crippen LogP contribution < -0.4 is 10.6 Å². The normalized spacial score (nSPS) is 12.6. The first-order valence-electron chi connectivity index (χ1n) is 5.98. The summed E-state index contributed by atoms with van der Waals surface area (Å²) < 4.78 is 2.01. The standard InChI is InChI=1S/C13H18N4O/c1-9(15-12(18)8-14-2)13-16-10-6-4-5-7-11(10)17(13)3/h4-7,9,14H,8H2,1-3H3,(H,15,18). The van der Waals surface area contributed by atoms with Crippen LogP contribution in [0.1, 0.15) is 18.8 Å². The number of hydrogen-bond donors (Lipinski definition) is 2. The Kier molecular flexibility index (Phi) is 3.62. The molecule has 1 unspecified atom stereocenters. The van der Waals surface area contributed by atoms with E-state index >= 15 is 0 Å². The number of nitrogens with zero attached hydrogens (tertiary/aromatic N) is 2. The van der Waals surface area contributed by atoms with Gasteiger partial charge in [-0.05, 0) is 26.1 Å². The van der Waals surface area contributed by atoms with Crippen molar-refractivity contribution >= 4 is 16.9 Å². The molecule has 5 heteroatoms. The molecule has 5 nitrogen and oxygen atoms in total. The van der Waals surface area contributed by atoms with Crippen LogP contribution in [0.15, 0.2) is 24.3 Å². The third-order valence-corrected chi connectivity index (χ3v) is 2.92. The lowest BCUT2D eigenvalue weighted by molar-refractivity contribution is -0.120. The number of aryl methyl sites for hydroxylation is 1. The van der Waals surface area contributed by atoms with Gasteiger partial charge in [0.1, 0.15) is 5.82 Å². The molecule has 96 valence electrons. The summed E-state index contributed by atoms with van der Waals surface area (Å²) in [6.45, 7) is 2.25. The van der Waals surface area contributed by atoms with Gasteiger partial charge in [0.05, 0.1) is 23.6 Å². The quantitative estimate of drug-likeness (QED) is 0.845. The first-order valence-corrected chi connectivity index (χ1v) is 5.98. The molecule has 0 saturated carbocycles. The SMILES string of the molecule is CNCC(=O)NC(C)c1nc2ccccc2n1C. The van der Waals surface area contributed by atoms with E-state index in [1.807, 2.05) is 42.8 Å². The second kappa shape index (κ2) is 5.18. The summed E-state index contributed by atoms with van der Waals surface area (Å²) in [6.07, 6.45) is 0. The molecule has 2 N–H and O–H groups in total. The minimum atomic E-state index is -0.108. The number of carbonyl (C=O) groups is 1. The van der Waals surface area contributed by atoms with Gasteiger partial charge in [-0.1, -0.05) is 12.1 Å². The Balaban J connectivity index is 2.25. The fourth-order valence-electron chi connectivity index (χ4n) is 2.07. The van der Waals surface area contributed by atoms with E-state index in [1.54, 1.807) is 7.05 Å². The average molecular weight is 246 g/mol. The molecule has 1 heterocycles. The number of nitrogens with one attached hydrogen (secondary N) is 2. The van der Waals surface area contributed by atoms with Crippen LogP contribution in [0.25, 0.3) is 11.0 Å². The van der Waals surface area contributed by atoms with Crippen LogP contribution in [-0.4, -0.2) is 29.1 Å². The van der Waals surface area contributed by atoms with Gasteiger partial charge in [-0.3, -0.25) is 4.79 Å². The number of amides is 1. The van der Waals surface area contributed by atoms with Crippen LogP contribution in [0, 0.1) is 0 Å². The Bertz CT molecular complexity index is 561. The lowest BCUT2D eigenvalue weighted by Crippen LogP contribution is -2.34. The summed E-state index contributed by atoms with van der Waals surface area (Å²) in [5.74, 6) is 0.831. The van der Waals surface area contributed by atoms with Crippen LogP contribution in [0.5, 0.6) is 0 Å². The molecule has 0 aliphatic carbocycles. The van der Waals surface area contributed by atoms with Gasteiger partial charge in [0.2, 0.25) is 5.91 Å². The summed E-state index contributed by atoms with van der Waals surface area (Å²) in [6, 6.07) is 7.83. The molecule has 0 aliphatic rings. The minimum absolute atomic E-state index is 0.0305. The maximum Gasteiger partial charge on any atom is 0.234 e. The summed E-state index contributed by atoms with van der Waals surface area (Å²) >= 11 is 0. The topological polar surface area (TPSA) is 59.0 Å². The van der Waals surface area contributed by atoms with Crippen LogP contribution in [0.3, 0.4) is 0 Å². The van der Waals surface area contributed by atoms with Gasteiger partial charge in [-0.15, -0.1) is 0 Å². The summed E-state index contributed by atoms with van der Waals surface area (Å²) in [5.41, 5.74) is 2.02. The Morgan fingerprint density at radius 1 is 1.44 bits per heavy atom. The van der Waals surface area contributed by atoms with Crippen LogP contribution in [0.4, 0.5) is 0 Å². The molecule has 1 atom stereocenters. The summed E-state index contributed by atoms with van der Waals surface area (Å²) in [7, 11) is 3.71. The zero-order valence-corrected chi connectivity index (χ0v) is 10.9. The maximum atomic E-state index is 11.5. The number of carbonyl (C=O) groups excluding carboxylic acids is 1. The highest BCUT2D eigenvalue weighted by Gasteiger charge is 2.15. The first-order chi connectivity index (χ1) is 8.63. The van der Waals surface area contributed by atoms with Gasteiger partial charge in [0, 0.05) is 7.05 Å². The van der Waals surface area contributed by atoms with Crippen LogP contribution in [0.2, 0.25) is 0 Å². The van der Waals surface area contributed by atoms with E-state index in [-0.39, 0.29) is 11.9 Å². The van der Waals surface area contributed by atoms with Crippen molar-refractivity contribution < 1.29 is 4.79 Å². The summed E-state index contributed by atoms with van der Waals surface area (Å²) in [4.78, 5) is 16.1. The predicted octanol–water partition coefficient (Wildman–Crippen LogP) is 0.970. The van der Waals surface area contributed by atoms with Gasteiger partial charge in [0.25, 0.3) is 0 Å². The highest BCUT2D eigenvalue weighted by atomic mass is 16.1. The van der Waals surface area contributed by atoms with E-state index in [2.05, 4.69) is 15.6 Å². The molecule has 0 spiro atoms. The molecular weight excluding hydrogens is 228 g/mol. The molecule has 0 bridgehead atoms. The second-order valence-electron chi connectivity index (χ2n) is 4.34. The molecule has 1 amide bonds. The minimum Gasteiger partial charge on any atom is -0.345 e. The molecule has 0 fully saturated rings. The number of benzene rings is 1. The van der Waals surface area contributed by atoms with Crippen molar-refractivity contribution in [3.05, 3.63) is 30.1 Å². The molecule has 0 aliphatic heterocycles. The first kappa shape index (κ1) is 12.6. The highest BCUT2D eigenvalue weighted by molar-refractivity contribution is 5.79. The van der Waals surface area contributed by atoms with E-state index in [9.17, 15) is 4.79 Å². The van der Waals surface area contributed by atoms with E-state index in [1.165, 1.54) is 0 Å².